The van der Waals surface area contributed by atoms with Crippen LogP contribution in [0.25, 0.3) is 0 Å². The van der Waals surface area contributed by atoms with Gasteiger partial charge in [-0.3, -0.25) is 4.79 Å². The van der Waals surface area contributed by atoms with Gasteiger partial charge in [-0.1, -0.05) is 25.7 Å². The van der Waals surface area contributed by atoms with E-state index < -0.39 is 0 Å². The highest BCUT2D eigenvalue weighted by atomic mass is 16.5. The molecule has 0 aliphatic heterocycles. The van der Waals surface area contributed by atoms with Crippen LogP contribution in [0.5, 0.6) is 0 Å². The molecule has 1 amide bonds. The van der Waals surface area contributed by atoms with Crippen LogP contribution in [0.15, 0.2) is 0 Å². The van der Waals surface area contributed by atoms with Crippen LogP contribution >= 0.6 is 0 Å². The molecule has 120 valence electrons. The summed E-state index contributed by atoms with van der Waals surface area (Å²) in [5, 5.41) is 3.09. The molecular weight excluding hydrogens is 262 g/mol. The average molecular weight is 293 g/mol. The first kappa shape index (κ1) is 15.3. The van der Waals surface area contributed by atoms with Gasteiger partial charge in [-0.05, 0) is 56.3 Å². The first-order chi connectivity index (χ1) is 10.3. The highest BCUT2D eigenvalue weighted by Crippen LogP contribution is 2.49. The standard InChI is InChI=1S/C18H31NO2/c20-18(13-16-12-14-7-8-15(16)11-14)19-9-4-10-21-17-5-2-1-3-6-17/h14-17H,1-13H2,(H,19,20). The molecule has 21 heavy (non-hydrogen) atoms. The van der Waals surface area contributed by atoms with Crippen LogP contribution < -0.4 is 5.32 Å². The molecule has 3 rings (SSSR count). The molecule has 0 aromatic heterocycles. The van der Waals surface area contributed by atoms with Crippen molar-refractivity contribution < 1.29 is 9.53 Å². The zero-order valence-electron chi connectivity index (χ0n) is 13.3. The van der Waals surface area contributed by atoms with Gasteiger partial charge in [-0.15, -0.1) is 0 Å². The van der Waals surface area contributed by atoms with Gasteiger partial charge in [-0.2, -0.15) is 0 Å². The quantitative estimate of drug-likeness (QED) is 0.727. The van der Waals surface area contributed by atoms with Crippen LogP contribution in [0, 0.1) is 17.8 Å². The molecular formula is C18H31NO2. The lowest BCUT2D eigenvalue weighted by Gasteiger charge is -2.22. The smallest absolute Gasteiger partial charge is 0.220 e. The molecule has 3 aliphatic rings. The Morgan fingerprint density at radius 2 is 1.90 bits per heavy atom. The second-order valence-electron chi connectivity index (χ2n) is 7.47. The fourth-order valence-electron chi connectivity index (χ4n) is 4.72. The zero-order chi connectivity index (χ0) is 14.5. The molecule has 3 heteroatoms. The van der Waals surface area contributed by atoms with Gasteiger partial charge in [0.15, 0.2) is 0 Å². The van der Waals surface area contributed by atoms with Crippen molar-refractivity contribution in [3.8, 4) is 0 Å². The van der Waals surface area contributed by atoms with Gasteiger partial charge in [0.2, 0.25) is 5.91 Å². The minimum Gasteiger partial charge on any atom is -0.378 e. The predicted octanol–water partition coefficient (Wildman–Crippen LogP) is 3.67. The van der Waals surface area contributed by atoms with E-state index in [2.05, 4.69) is 5.32 Å². The fourth-order valence-corrected chi connectivity index (χ4v) is 4.72. The Morgan fingerprint density at radius 3 is 2.62 bits per heavy atom. The second-order valence-corrected chi connectivity index (χ2v) is 7.47. The van der Waals surface area contributed by atoms with E-state index in [0.29, 0.717) is 12.0 Å². The maximum Gasteiger partial charge on any atom is 0.220 e. The second kappa shape index (κ2) is 7.62. The third kappa shape index (κ3) is 4.45. The number of carbonyl (C=O) groups is 1. The molecule has 3 unspecified atom stereocenters. The van der Waals surface area contributed by atoms with E-state index in [0.717, 1.165) is 37.8 Å². The Morgan fingerprint density at radius 1 is 1.05 bits per heavy atom. The van der Waals surface area contributed by atoms with Crippen LogP contribution in [0.1, 0.15) is 70.6 Å². The monoisotopic (exact) mass is 293 g/mol. The highest BCUT2D eigenvalue weighted by molar-refractivity contribution is 5.76. The van der Waals surface area contributed by atoms with Crippen molar-refractivity contribution in [3.05, 3.63) is 0 Å². The molecule has 1 N–H and O–H groups in total. The molecule has 2 bridgehead atoms. The van der Waals surface area contributed by atoms with Gasteiger partial charge in [0.05, 0.1) is 6.10 Å². The van der Waals surface area contributed by atoms with Gasteiger partial charge in [-0.25, -0.2) is 0 Å². The summed E-state index contributed by atoms with van der Waals surface area (Å²) in [5.74, 6) is 2.75. The number of hydrogen-bond acceptors (Lipinski definition) is 2. The van der Waals surface area contributed by atoms with Crippen LogP contribution in [0.3, 0.4) is 0 Å². The minimum absolute atomic E-state index is 0.269. The Bertz CT molecular complexity index is 338. The number of ether oxygens (including phenoxy) is 1. The van der Waals surface area contributed by atoms with E-state index in [-0.39, 0.29) is 5.91 Å². The van der Waals surface area contributed by atoms with E-state index in [1.54, 1.807) is 0 Å². The molecule has 3 nitrogen and oxygen atoms in total. The molecule has 0 heterocycles. The molecule has 3 fully saturated rings. The summed E-state index contributed by atoms with van der Waals surface area (Å²) >= 11 is 0. The van der Waals surface area contributed by atoms with Crippen LogP contribution in [-0.4, -0.2) is 25.2 Å². The number of rotatable bonds is 7. The maximum absolute atomic E-state index is 12.0. The molecule has 3 atom stereocenters. The van der Waals surface area contributed by atoms with Crippen molar-refractivity contribution >= 4 is 5.91 Å². The first-order valence-electron chi connectivity index (χ1n) is 9.19. The van der Waals surface area contributed by atoms with Gasteiger partial charge in [0.1, 0.15) is 0 Å². The predicted molar refractivity (Wildman–Crippen MR) is 84.0 cm³/mol. The molecule has 3 aliphatic carbocycles. The third-order valence-corrected chi connectivity index (χ3v) is 5.88. The first-order valence-corrected chi connectivity index (χ1v) is 9.19. The molecule has 3 saturated carbocycles. The van der Waals surface area contributed by atoms with E-state index >= 15 is 0 Å². The Kier molecular flexibility index (Phi) is 5.56. The number of hydrogen-bond donors (Lipinski definition) is 1. The summed E-state index contributed by atoms with van der Waals surface area (Å²) in [6, 6.07) is 0. The Balaban J connectivity index is 1.21. The zero-order valence-corrected chi connectivity index (χ0v) is 13.3. The third-order valence-electron chi connectivity index (χ3n) is 5.88. The summed E-state index contributed by atoms with van der Waals surface area (Å²) in [6.45, 7) is 1.59. The largest absolute Gasteiger partial charge is 0.378 e. The normalized spacial score (nSPS) is 32.5. The summed E-state index contributed by atoms with van der Waals surface area (Å²) < 4.78 is 5.89. The number of fused-ring (bicyclic) bond motifs is 2. The lowest BCUT2D eigenvalue weighted by atomic mass is 9.86. The Hall–Kier alpha value is -0.570. The van der Waals surface area contributed by atoms with E-state index in [9.17, 15) is 4.79 Å². The minimum atomic E-state index is 0.269. The van der Waals surface area contributed by atoms with Crippen molar-refractivity contribution in [2.75, 3.05) is 13.2 Å². The number of amides is 1. The van der Waals surface area contributed by atoms with Crippen LogP contribution in [0.4, 0.5) is 0 Å². The van der Waals surface area contributed by atoms with Gasteiger partial charge < -0.3 is 10.1 Å². The molecule has 0 saturated heterocycles. The van der Waals surface area contributed by atoms with Gasteiger partial charge >= 0.3 is 0 Å². The number of carbonyl (C=O) groups excluding carboxylic acids is 1. The van der Waals surface area contributed by atoms with Crippen LogP contribution in [-0.2, 0) is 9.53 Å². The maximum atomic E-state index is 12.0. The SMILES string of the molecule is O=C(CC1CC2CCC1C2)NCCCOC1CCCCC1. The van der Waals surface area contributed by atoms with Crippen molar-refractivity contribution in [1.29, 1.82) is 0 Å². The number of nitrogens with one attached hydrogen (secondary N) is 1. The molecule has 0 radical (unpaired) electrons. The lowest BCUT2D eigenvalue weighted by Crippen LogP contribution is -2.29. The van der Waals surface area contributed by atoms with E-state index in [1.165, 1.54) is 57.8 Å². The highest BCUT2D eigenvalue weighted by Gasteiger charge is 2.39. The molecule has 0 aromatic rings. The van der Waals surface area contributed by atoms with E-state index in [4.69, 9.17) is 4.74 Å². The Labute approximate surface area is 129 Å². The van der Waals surface area contributed by atoms with Crippen molar-refractivity contribution in [2.45, 2.75) is 76.7 Å². The van der Waals surface area contributed by atoms with Crippen molar-refractivity contribution in [2.24, 2.45) is 17.8 Å². The van der Waals surface area contributed by atoms with Crippen LogP contribution in [0.2, 0.25) is 0 Å². The van der Waals surface area contributed by atoms with Crippen molar-refractivity contribution in [1.82, 2.24) is 5.32 Å². The van der Waals surface area contributed by atoms with E-state index in [1.807, 2.05) is 0 Å². The molecule has 0 aromatic carbocycles. The fraction of sp³-hybridized carbons (Fsp3) is 0.944. The summed E-state index contributed by atoms with van der Waals surface area (Å²) in [5.41, 5.74) is 0. The van der Waals surface area contributed by atoms with Gasteiger partial charge in [0.25, 0.3) is 0 Å². The van der Waals surface area contributed by atoms with Crippen molar-refractivity contribution in [3.63, 3.8) is 0 Å². The summed E-state index contributed by atoms with van der Waals surface area (Å²) in [6.07, 6.45) is 14.2. The summed E-state index contributed by atoms with van der Waals surface area (Å²) in [7, 11) is 0. The topological polar surface area (TPSA) is 38.3 Å². The lowest BCUT2D eigenvalue weighted by molar-refractivity contribution is -0.122. The average Bonchev–Trinajstić information content (AvgIpc) is 3.10. The van der Waals surface area contributed by atoms with Gasteiger partial charge in [0, 0.05) is 19.6 Å². The summed E-state index contributed by atoms with van der Waals surface area (Å²) in [4.78, 5) is 12.0. The molecule has 0 spiro atoms.